The van der Waals surface area contributed by atoms with Crippen molar-refractivity contribution in [3.8, 4) is 56.4 Å². The first-order chi connectivity index (χ1) is 24.4. The molecule has 0 atom stereocenters. The van der Waals surface area contributed by atoms with E-state index in [1.165, 1.54) is 11.1 Å². The van der Waals surface area contributed by atoms with Crippen LogP contribution < -0.4 is 9.47 Å². The van der Waals surface area contributed by atoms with Crippen LogP contribution in [0.5, 0.6) is 11.5 Å². The van der Waals surface area contributed by atoms with E-state index in [0.29, 0.717) is 0 Å². The van der Waals surface area contributed by atoms with Crippen molar-refractivity contribution in [1.29, 1.82) is 0 Å². The van der Waals surface area contributed by atoms with Crippen molar-refractivity contribution in [3.63, 3.8) is 0 Å². The molecule has 0 aliphatic carbocycles. The molecular weight excluding hydrogens is 818 g/mol. The number of fused-ring (bicyclic) bond motifs is 3. The monoisotopic (exact) mass is 856 g/mol. The van der Waals surface area contributed by atoms with Gasteiger partial charge >= 0.3 is 40.5 Å². The summed E-state index contributed by atoms with van der Waals surface area (Å²) in [5, 5.41) is 2.05. The number of aromatic nitrogens is 4. The van der Waals surface area contributed by atoms with E-state index in [2.05, 4.69) is 152 Å². The van der Waals surface area contributed by atoms with Gasteiger partial charge in [0.25, 0.3) is 0 Å². The molecule has 0 fully saturated rings. The van der Waals surface area contributed by atoms with Crippen molar-refractivity contribution in [1.82, 2.24) is 19.9 Å². The molecule has 3 aromatic carbocycles. The van der Waals surface area contributed by atoms with E-state index < -0.39 is 0 Å². The summed E-state index contributed by atoms with van der Waals surface area (Å²) in [4.78, 5) is 17.2. The van der Waals surface area contributed by atoms with Crippen LogP contribution in [0.2, 0.25) is 0 Å². The molecule has 7 rings (SSSR count). The third-order valence-corrected chi connectivity index (χ3v) is 9.19. The van der Waals surface area contributed by atoms with Gasteiger partial charge in [0.05, 0.1) is 36.6 Å². The molecule has 6 nitrogen and oxygen atoms in total. The minimum absolute atomic E-state index is 0.0777. The molecule has 7 aromatic rings. The Kier molecular flexibility index (Phi) is 10.9. The van der Waals surface area contributed by atoms with Gasteiger partial charge in [-0.25, -0.2) is 9.97 Å². The Bertz CT molecular complexity index is 2140. The molecule has 4 heterocycles. The van der Waals surface area contributed by atoms with Gasteiger partial charge in [0.2, 0.25) is 0 Å². The second-order valence-corrected chi connectivity index (χ2v) is 28.7. The van der Waals surface area contributed by atoms with Crippen LogP contribution in [0.25, 0.3) is 66.7 Å². The van der Waals surface area contributed by atoms with Gasteiger partial charge in [-0.1, -0.05) is 65.8 Å². The van der Waals surface area contributed by atoms with Crippen molar-refractivity contribution < 1.29 is 22.7 Å². The average molecular weight is 860 g/mol. The molecule has 9 heteroatoms. The number of ether oxygens (including phenoxy) is 2. The number of aromatic amines is 2. The zero-order chi connectivity index (χ0) is 36.5. The standard InChI is InChI=1S/C42H42N4O2.2BrH.Zn/c1-41(2,3)28-20-30(27-17-19-43-24-27)39(47-7)32(22-28)35-15-13-25-11-12-26-14-16-36(46-38(26)37(25)45-35)33-23-29(42(4,5)6)21-31(40(33)48-8)34-10-9-18-44-34;;;/h9-24,43-44H,1-8H3;2*1H;/q;;;+2/p-2. The molecule has 0 amide bonds. The van der Waals surface area contributed by atoms with Crippen LogP contribution in [0, 0.1) is 0 Å². The van der Waals surface area contributed by atoms with Crippen molar-refractivity contribution in [2.45, 2.75) is 52.4 Å². The summed E-state index contributed by atoms with van der Waals surface area (Å²) in [6, 6.07) is 27.7. The normalized spacial score (nSPS) is 11.6. The fourth-order valence-electron chi connectivity index (χ4n) is 6.42. The van der Waals surface area contributed by atoms with Gasteiger partial charge in [-0.2, -0.15) is 0 Å². The van der Waals surface area contributed by atoms with Crippen LogP contribution in [-0.2, 0) is 24.0 Å². The number of hydrogen-bond donors (Lipinski definition) is 2. The molecule has 0 unspecified atom stereocenters. The Labute approximate surface area is 321 Å². The third-order valence-electron chi connectivity index (χ3n) is 9.19. The molecule has 0 radical (unpaired) electrons. The third kappa shape index (κ3) is 7.58. The minimum atomic E-state index is -0.250. The fourth-order valence-corrected chi connectivity index (χ4v) is 6.42. The summed E-state index contributed by atoms with van der Waals surface area (Å²) in [7, 11) is 3.46. The summed E-state index contributed by atoms with van der Waals surface area (Å²) >= 11 is 6.25. The number of hydrogen-bond acceptors (Lipinski definition) is 4. The van der Waals surface area contributed by atoms with E-state index in [1.807, 2.05) is 24.7 Å². The van der Waals surface area contributed by atoms with Crippen molar-refractivity contribution in [2.75, 3.05) is 14.2 Å². The van der Waals surface area contributed by atoms with Crippen molar-refractivity contribution in [2.24, 2.45) is 0 Å². The van der Waals surface area contributed by atoms with Crippen molar-refractivity contribution in [3.05, 3.63) is 109 Å². The number of nitrogens with zero attached hydrogens (tertiary/aromatic N) is 2. The Morgan fingerprint density at radius 1 is 0.608 bits per heavy atom. The first-order valence-corrected chi connectivity index (χ1v) is 30.8. The van der Waals surface area contributed by atoms with E-state index in [4.69, 9.17) is 19.4 Å². The Morgan fingerprint density at radius 3 is 1.51 bits per heavy atom. The van der Waals surface area contributed by atoms with E-state index in [1.54, 1.807) is 14.2 Å². The Balaban J connectivity index is 0.00000144. The van der Waals surface area contributed by atoms with Crippen LogP contribution in [0.4, 0.5) is 0 Å². The van der Waals surface area contributed by atoms with Gasteiger partial charge in [-0.15, -0.1) is 0 Å². The van der Waals surface area contributed by atoms with Gasteiger partial charge in [0, 0.05) is 62.9 Å². The zero-order valence-corrected chi connectivity index (χ0v) is 36.6. The van der Waals surface area contributed by atoms with Crippen LogP contribution >= 0.6 is 27.2 Å². The van der Waals surface area contributed by atoms with Crippen LogP contribution in [0.1, 0.15) is 52.7 Å². The summed E-state index contributed by atoms with van der Waals surface area (Å²) in [5.41, 5.74) is 11.6. The number of benzene rings is 3. The first-order valence-electron chi connectivity index (χ1n) is 16.9. The predicted molar refractivity (Wildman–Crippen MR) is 216 cm³/mol. The van der Waals surface area contributed by atoms with Crippen LogP contribution in [0.15, 0.2) is 97.5 Å². The maximum atomic E-state index is 6.12. The van der Waals surface area contributed by atoms with Crippen LogP contribution in [-0.4, -0.2) is 34.2 Å². The Morgan fingerprint density at radius 2 is 1.08 bits per heavy atom. The second kappa shape index (κ2) is 15.1. The molecule has 0 bridgehead atoms. The Hall–Kier alpha value is -3.78. The van der Waals surface area contributed by atoms with Gasteiger partial charge in [0.15, 0.2) is 0 Å². The fraction of sp³-hybridized carbons (Fsp3) is 0.238. The summed E-state index contributed by atoms with van der Waals surface area (Å²) in [5.74, 6) is 1.58. The molecule has 2 N–H and O–H groups in total. The van der Waals surface area contributed by atoms with E-state index in [-0.39, 0.29) is 24.0 Å². The maximum absolute atomic E-state index is 6.12. The van der Waals surface area contributed by atoms with E-state index in [9.17, 15) is 0 Å². The number of nitrogens with one attached hydrogen (secondary N) is 2. The topological polar surface area (TPSA) is 75.8 Å². The molecule has 0 saturated heterocycles. The molecular formula is C42H42Br2N4O2Zn. The number of methoxy groups -OCH3 is 2. The summed E-state index contributed by atoms with van der Waals surface area (Å²) < 4.78 is 12.2. The molecule has 51 heavy (non-hydrogen) atoms. The van der Waals surface area contributed by atoms with Gasteiger partial charge in [0.1, 0.15) is 11.5 Å². The molecule has 4 aromatic heterocycles. The second-order valence-electron chi connectivity index (χ2n) is 14.6. The zero-order valence-electron chi connectivity index (χ0n) is 30.4. The van der Waals surface area contributed by atoms with Gasteiger partial charge < -0.3 is 19.4 Å². The predicted octanol–water partition coefficient (Wildman–Crippen LogP) is 12.4. The number of H-pyrrole nitrogens is 2. The first kappa shape index (κ1) is 37.0. The summed E-state index contributed by atoms with van der Waals surface area (Å²) in [6.07, 6.45) is 5.88. The number of pyridine rings is 2. The average Bonchev–Trinajstić information content (AvgIpc) is 3.85. The molecule has 0 aliphatic rings. The molecule has 0 spiro atoms. The quantitative estimate of drug-likeness (QED) is 0.129. The van der Waals surface area contributed by atoms with Crippen molar-refractivity contribution >= 4 is 49.1 Å². The van der Waals surface area contributed by atoms with Gasteiger partial charge in [-0.3, -0.25) is 0 Å². The molecule has 258 valence electrons. The molecule has 0 saturated carbocycles. The van der Waals surface area contributed by atoms with E-state index in [0.717, 1.165) is 78.2 Å². The summed E-state index contributed by atoms with van der Waals surface area (Å²) in [6.45, 7) is 13.4. The number of halogens is 2. The van der Waals surface area contributed by atoms with E-state index >= 15 is 0 Å². The van der Waals surface area contributed by atoms with Gasteiger partial charge in [-0.05, 0) is 76.6 Å². The number of rotatable bonds is 6. The SMILES string of the molecule is COc1c(-c2cc[nH]c2)cc(C(C)(C)C)cc1-c1ccc2ccc3ccc(-c4cc(C(C)(C)C)cc(-c5ccc[nH]5)c4OC)nc3c2n1.[Br][Zn][Br]. The molecule has 0 aliphatic heterocycles. The van der Waals surface area contributed by atoms with Crippen LogP contribution in [0.3, 0.4) is 0 Å².